The molecule has 12 heteroatoms. The molecule has 2 fully saturated rings. The number of aliphatic hydroxyl groups excluding tert-OH is 5. The number of carboxylic acids is 1. The summed E-state index contributed by atoms with van der Waals surface area (Å²) in [6, 6.07) is -0.927. The quantitative estimate of drug-likeness (QED) is 0.239. The summed E-state index contributed by atoms with van der Waals surface area (Å²) in [7, 11) is 0. The predicted octanol–water partition coefficient (Wildman–Crippen LogP) is -4.09. The fourth-order valence-electron chi connectivity index (χ4n) is 3.20. The zero-order chi connectivity index (χ0) is 20.5. The molecule has 0 radical (unpaired) electrons. The molecule has 2 aliphatic heterocycles. The van der Waals surface area contributed by atoms with Crippen molar-refractivity contribution < 1.29 is 54.4 Å². The molecule has 0 aromatic carbocycles. The van der Waals surface area contributed by atoms with Gasteiger partial charge < -0.3 is 50.2 Å². The molecule has 2 aliphatic rings. The molecule has 12 nitrogen and oxygen atoms in total. The Hall–Kier alpha value is -1.38. The van der Waals surface area contributed by atoms with Gasteiger partial charge in [0.15, 0.2) is 12.4 Å². The van der Waals surface area contributed by atoms with Crippen molar-refractivity contribution in [2.24, 2.45) is 0 Å². The smallest absolute Gasteiger partial charge is 0.335 e. The van der Waals surface area contributed by atoms with Gasteiger partial charge in [-0.2, -0.15) is 0 Å². The van der Waals surface area contributed by atoms with Gasteiger partial charge in [0.1, 0.15) is 36.6 Å². The Bertz CT molecular complexity index is 546. The highest BCUT2D eigenvalue weighted by atomic mass is 16.7. The third-order valence-electron chi connectivity index (χ3n) is 4.62. The van der Waals surface area contributed by atoms with Crippen LogP contribution in [0.1, 0.15) is 13.8 Å². The Balaban J connectivity index is 2.25. The molecule has 2 rings (SSSR count). The molecule has 0 aromatic rings. The summed E-state index contributed by atoms with van der Waals surface area (Å²) in [5.74, 6) is -2.06. The van der Waals surface area contributed by atoms with E-state index in [1.807, 2.05) is 0 Å². The van der Waals surface area contributed by atoms with Gasteiger partial charge >= 0.3 is 5.97 Å². The van der Waals surface area contributed by atoms with Crippen molar-refractivity contribution in [3.63, 3.8) is 0 Å². The van der Waals surface area contributed by atoms with Crippen LogP contribution in [0, 0.1) is 0 Å². The van der Waals surface area contributed by atoms with E-state index < -0.39 is 79.6 Å². The molecule has 0 aromatic heterocycles. The van der Waals surface area contributed by atoms with E-state index in [4.69, 9.17) is 19.3 Å². The standard InChI is InChI=1S/C15H25NO11/c1-4-7(16-5(2)18)12(8(19)6(3-17)25-4)26-15-11(22)9(20)10(21)13(27-15)14(23)24/h4,6-13,15,17,19-22H,3H2,1-2H3,(H,16,18)(H,23,24)/t4-,6?,7+,8+,9-,10-,11?,12?,13?,15+/m0/s1. The van der Waals surface area contributed by atoms with E-state index in [9.17, 15) is 35.1 Å². The maximum atomic E-state index is 11.5. The normalized spacial score (nSPS) is 45.3. The van der Waals surface area contributed by atoms with Crippen LogP contribution in [0.25, 0.3) is 0 Å². The van der Waals surface area contributed by atoms with Crippen molar-refractivity contribution in [1.82, 2.24) is 5.32 Å². The molecule has 0 bridgehead atoms. The number of aliphatic hydroxyl groups is 5. The van der Waals surface area contributed by atoms with Crippen molar-refractivity contribution >= 4 is 11.9 Å². The van der Waals surface area contributed by atoms with Gasteiger partial charge in [-0.3, -0.25) is 4.79 Å². The number of carboxylic acid groups (broad SMARTS) is 1. The van der Waals surface area contributed by atoms with Gasteiger partial charge in [-0.15, -0.1) is 0 Å². The minimum Gasteiger partial charge on any atom is -0.479 e. The molecule has 0 saturated carbocycles. The molecular weight excluding hydrogens is 370 g/mol. The van der Waals surface area contributed by atoms with E-state index in [1.54, 1.807) is 6.92 Å². The van der Waals surface area contributed by atoms with E-state index in [-0.39, 0.29) is 0 Å². The third kappa shape index (κ3) is 4.55. The maximum Gasteiger partial charge on any atom is 0.335 e. The highest BCUT2D eigenvalue weighted by Gasteiger charge is 2.51. The zero-order valence-electron chi connectivity index (χ0n) is 14.7. The second-order valence-corrected chi connectivity index (χ2v) is 6.61. The van der Waals surface area contributed by atoms with E-state index in [0.717, 1.165) is 0 Å². The number of aliphatic carboxylic acids is 1. The molecule has 4 unspecified atom stereocenters. The van der Waals surface area contributed by atoms with Crippen molar-refractivity contribution in [2.45, 2.75) is 75.0 Å². The van der Waals surface area contributed by atoms with E-state index in [2.05, 4.69) is 5.32 Å². The molecular formula is C15H25NO11. The highest BCUT2D eigenvalue weighted by Crippen LogP contribution is 2.29. The molecule has 27 heavy (non-hydrogen) atoms. The average Bonchev–Trinajstić information content (AvgIpc) is 2.60. The molecule has 7 N–H and O–H groups in total. The maximum absolute atomic E-state index is 11.5. The van der Waals surface area contributed by atoms with Crippen molar-refractivity contribution in [3.8, 4) is 0 Å². The molecule has 2 heterocycles. The first-order valence-corrected chi connectivity index (χ1v) is 8.37. The van der Waals surface area contributed by atoms with Gasteiger partial charge in [-0.1, -0.05) is 0 Å². The molecule has 0 aliphatic carbocycles. The van der Waals surface area contributed by atoms with Gasteiger partial charge in [0.2, 0.25) is 5.91 Å². The summed E-state index contributed by atoms with van der Waals surface area (Å²) in [5, 5.41) is 61.0. The number of nitrogens with one attached hydrogen (secondary N) is 1. The summed E-state index contributed by atoms with van der Waals surface area (Å²) < 4.78 is 16.0. The monoisotopic (exact) mass is 395 g/mol. The van der Waals surface area contributed by atoms with E-state index in [1.165, 1.54) is 6.92 Å². The lowest BCUT2D eigenvalue weighted by Crippen LogP contribution is -2.67. The molecule has 156 valence electrons. The minimum atomic E-state index is -1.90. The third-order valence-corrected chi connectivity index (χ3v) is 4.62. The lowest BCUT2D eigenvalue weighted by Gasteiger charge is -2.46. The number of ether oxygens (including phenoxy) is 3. The van der Waals surface area contributed by atoms with Gasteiger partial charge in [0.25, 0.3) is 0 Å². The van der Waals surface area contributed by atoms with Gasteiger partial charge in [0, 0.05) is 6.92 Å². The highest BCUT2D eigenvalue weighted by molar-refractivity contribution is 5.73. The van der Waals surface area contributed by atoms with Crippen LogP contribution < -0.4 is 5.32 Å². The summed E-state index contributed by atoms with van der Waals surface area (Å²) >= 11 is 0. The van der Waals surface area contributed by atoms with Crippen LogP contribution in [0.3, 0.4) is 0 Å². The minimum absolute atomic E-state index is 0.470. The summed E-state index contributed by atoms with van der Waals surface area (Å²) in [6.07, 6.45) is -13.7. The predicted molar refractivity (Wildman–Crippen MR) is 84.2 cm³/mol. The summed E-state index contributed by atoms with van der Waals surface area (Å²) in [5.41, 5.74) is 0. The fourth-order valence-corrected chi connectivity index (χ4v) is 3.20. The molecule has 0 spiro atoms. The van der Waals surface area contributed by atoms with Crippen molar-refractivity contribution in [3.05, 3.63) is 0 Å². The Morgan fingerprint density at radius 3 is 2.19 bits per heavy atom. The second-order valence-electron chi connectivity index (χ2n) is 6.61. The summed E-state index contributed by atoms with van der Waals surface area (Å²) in [6.45, 7) is 2.22. The Kier molecular flexibility index (Phi) is 7.10. The van der Waals surface area contributed by atoms with Gasteiger partial charge in [0.05, 0.1) is 18.8 Å². The Morgan fingerprint density at radius 2 is 1.67 bits per heavy atom. The fraction of sp³-hybridized carbons (Fsp3) is 0.867. The largest absolute Gasteiger partial charge is 0.479 e. The van der Waals surface area contributed by atoms with Crippen LogP contribution in [0.5, 0.6) is 0 Å². The average molecular weight is 395 g/mol. The number of carbonyl (C=O) groups is 2. The number of carbonyl (C=O) groups excluding carboxylic acids is 1. The Morgan fingerprint density at radius 1 is 1.04 bits per heavy atom. The number of amides is 1. The Labute approximate surface area is 154 Å². The van der Waals surface area contributed by atoms with E-state index in [0.29, 0.717) is 0 Å². The number of rotatable bonds is 5. The first-order chi connectivity index (χ1) is 12.6. The number of hydrogen-bond donors (Lipinski definition) is 7. The molecule has 2 saturated heterocycles. The van der Waals surface area contributed by atoms with Crippen LogP contribution in [-0.4, -0.2) is 110 Å². The SMILES string of the molecule is CC(=O)N[C@H]1C(O[C@@H]2OC(C(=O)O)[C@@H](O)[C@H](O)C2O)[C@H](O)C(CO)O[C@H]1C. The van der Waals surface area contributed by atoms with Crippen LogP contribution in [-0.2, 0) is 23.8 Å². The molecule has 1 amide bonds. The first-order valence-electron chi connectivity index (χ1n) is 8.37. The second kappa shape index (κ2) is 8.75. The first kappa shape index (κ1) is 21.9. The van der Waals surface area contributed by atoms with Gasteiger partial charge in [-0.25, -0.2) is 4.79 Å². The van der Waals surface area contributed by atoms with Crippen LogP contribution in [0.2, 0.25) is 0 Å². The lowest BCUT2D eigenvalue weighted by atomic mass is 9.92. The van der Waals surface area contributed by atoms with Gasteiger partial charge in [-0.05, 0) is 6.92 Å². The number of hydrogen-bond acceptors (Lipinski definition) is 10. The zero-order valence-corrected chi connectivity index (χ0v) is 14.7. The van der Waals surface area contributed by atoms with Crippen LogP contribution in [0.15, 0.2) is 0 Å². The van der Waals surface area contributed by atoms with Crippen molar-refractivity contribution in [2.75, 3.05) is 6.61 Å². The van der Waals surface area contributed by atoms with Crippen LogP contribution in [0.4, 0.5) is 0 Å². The molecule has 10 atom stereocenters. The lowest BCUT2D eigenvalue weighted by molar-refractivity contribution is -0.325. The van der Waals surface area contributed by atoms with Crippen LogP contribution >= 0.6 is 0 Å². The van der Waals surface area contributed by atoms with E-state index >= 15 is 0 Å². The van der Waals surface area contributed by atoms with Crippen molar-refractivity contribution in [1.29, 1.82) is 0 Å². The summed E-state index contributed by atoms with van der Waals surface area (Å²) in [4.78, 5) is 22.7. The topological polar surface area (TPSA) is 195 Å².